The number of nitrogens with zero attached hydrogens (tertiary/aromatic N) is 3. The largest absolute Gasteiger partial charge is 0.495 e. The lowest BCUT2D eigenvalue weighted by Gasteiger charge is -2.36. The highest BCUT2D eigenvalue weighted by Crippen LogP contribution is 2.29. The molecule has 0 bridgehead atoms. The molecule has 1 heterocycles. The molecule has 3 aromatic rings. The van der Waals surface area contributed by atoms with Crippen molar-refractivity contribution in [3.8, 4) is 5.75 Å². The number of hydrogen-bond acceptors (Lipinski definition) is 5. The maximum atomic E-state index is 13.1. The van der Waals surface area contributed by atoms with Gasteiger partial charge >= 0.3 is 0 Å². The van der Waals surface area contributed by atoms with Crippen molar-refractivity contribution in [1.29, 1.82) is 0 Å². The first-order valence-electron chi connectivity index (χ1n) is 11.3. The number of hydrogen-bond donors (Lipinski definition) is 0. The summed E-state index contributed by atoms with van der Waals surface area (Å²) in [5, 5.41) is 0.461. The Balaban J connectivity index is 1.42. The van der Waals surface area contributed by atoms with Crippen LogP contribution in [0.5, 0.6) is 5.75 Å². The molecule has 9 heteroatoms. The van der Waals surface area contributed by atoms with Crippen LogP contribution in [0.3, 0.4) is 0 Å². The number of benzene rings is 3. The van der Waals surface area contributed by atoms with Gasteiger partial charge in [0.1, 0.15) is 5.75 Å². The third-order valence-corrected chi connectivity index (χ3v) is 7.39. The van der Waals surface area contributed by atoms with E-state index in [4.69, 9.17) is 16.3 Å². The summed E-state index contributed by atoms with van der Waals surface area (Å²) in [4.78, 5) is 17.1. The normalized spacial score (nSPS) is 14.0. The number of sulfonamides is 1. The van der Waals surface area contributed by atoms with Crippen LogP contribution in [0.25, 0.3) is 0 Å². The van der Waals surface area contributed by atoms with Crippen molar-refractivity contribution in [3.63, 3.8) is 0 Å². The summed E-state index contributed by atoms with van der Waals surface area (Å²) in [5.74, 6) is 0.787. The van der Waals surface area contributed by atoms with Crippen molar-refractivity contribution in [2.75, 3.05) is 48.7 Å². The lowest BCUT2D eigenvalue weighted by Crippen LogP contribution is -2.48. The first kappa shape index (κ1) is 24.9. The molecule has 1 fully saturated rings. The SMILES string of the molecule is COc1ccccc1N1CCN(C(=O)c2ccc(CN(c3cccc(Cl)c3)S(C)(=O)=O)cc2)CC1. The predicted octanol–water partition coefficient (Wildman–Crippen LogP) is 4.28. The van der Waals surface area contributed by atoms with Crippen LogP contribution in [0.4, 0.5) is 11.4 Å². The lowest BCUT2D eigenvalue weighted by atomic mass is 10.1. The molecular weight excluding hydrogens is 486 g/mol. The highest BCUT2D eigenvalue weighted by molar-refractivity contribution is 7.92. The molecule has 7 nitrogen and oxygen atoms in total. The number of carbonyl (C=O) groups is 1. The molecule has 184 valence electrons. The summed E-state index contributed by atoms with van der Waals surface area (Å²) in [7, 11) is -1.86. The number of anilines is 2. The zero-order valence-electron chi connectivity index (χ0n) is 19.7. The molecule has 35 heavy (non-hydrogen) atoms. The summed E-state index contributed by atoms with van der Waals surface area (Å²) in [6.07, 6.45) is 1.16. The molecule has 0 N–H and O–H groups in total. The van der Waals surface area contributed by atoms with Gasteiger partial charge in [0.2, 0.25) is 10.0 Å². The fourth-order valence-corrected chi connectivity index (χ4v) is 5.24. The summed E-state index contributed by atoms with van der Waals surface area (Å²) in [5.41, 5.74) is 2.87. The van der Waals surface area contributed by atoms with Gasteiger partial charge in [-0.2, -0.15) is 0 Å². The Kier molecular flexibility index (Phi) is 7.52. The molecular formula is C26H28ClN3O4S. The lowest BCUT2D eigenvalue weighted by molar-refractivity contribution is 0.0746. The average Bonchev–Trinajstić information content (AvgIpc) is 2.86. The van der Waals surface area contributed by atoms with Crippen molar-refractivity contribution < 1.29 is 17.9 Å². The number of carbonyl (C=O) groups excluding carboxylic acids is 1. The maximum absolute atomic E-state index is 13.1. The Morgan fingerprint density at radius 2 is 1.66 bits per heavy atom. The van der Waals surface area contributed by atoms with Crippen molar-refractivity contribution in [2.24, 2.45) is 0 Å². The van der Waals surface area contributed by atoms with E-state index in [0.717, 1.165) is 23.3 Å². The number of para-hydroxylation sites is 2. The Morgan fingerprint density at radius 3 is 2.29 bits per heavy atom. The van der Waals surface area contributed by atoms with Crippen LogP contribution in [0, 0.1) is 0 Å². The molecule has 1 amide bonds. The molecule has 0 aromatic heterocycles. The molecule has 1 aliphatic rings. The van der Waals surface area contributed by atoms with E-state index in [2.05, 4.69) is 4.90 Å². The minimum Gasteiger partial charge on any atom is -0.495 e. The van der Waals surface area contributed by atoms with Crippen LogP contribution >= 0.6 is 11.6 Å². The molecule has 4 rings (SSSR count). The van der Waals surface area contributed by atoms with Crippen molar-refractivity contribution in [2.45, 2.75) is 6.54 Å². The molecule has 0 radical (unpaired) electrons. The number of piperazine rings is 1. The van der Waals surface area contributed by atoms with E-state index in [-0.39, 0.29) is 12.5 Å². The number of ether oxygens (including phenoxy) is 1. The molecule has 0 atom stereocenters. The van der Waals surface area contributed by atoms with Gasteiger partial charge in [-0.3, -0.25) is 9.10 Å². The van der Waals surface area contributed by atoms with Gasteiger partial charge in [-0.1, -0.05) is 41.9 Å². The van der Waals surface area contributed by atoms with Crippen LogP contribution in [-0.4, -0.2) is 58.8 Å². The second-order valence-corrected chi connectivity index (χ2v) is 10.7. The summed E-state index contributed by atoms with van der Waals surface area (Å²) >= 11 is 6.06. The molecule has 1 aliphatic heterocycles. The fraction of sp³-hybridized carbons (Fsp3) is 0.269. The number of methoxy groups -OCH3 is 1. The van der Waals surface area contributed by atoms with E-state index < -0.39 is 10.0 Å². The molecule has 0 saturated carbocycles. The van der Waals surface area contributed by atoms with Gasteiger partial charge in [0, 0.05) is 36.8 Å². The minimum atomic E-state index is -3.52. The van der Waals surface area contributed by atoms with E-state index in [9.17, 15) is 13.2 Å². The molecule has 0 unspecified atom stereocenters. The second kappa shape index (κ2) is 10.6. The van der Waals surface area contributed by atoms with Gasteiger partial charge < -0.3 is 14.5 Å². The molecule has 0 aliphatic carbocycles. The van der Waals surface area contributed by atoms with E-state index in [1.165, 1.54) is 4.31 Å². The van der Waals surface area contributed by atoms with Crippen molar-refractivity contribution in [3.05, 3.63) is 88.9 Å². The third kappa shape index (κ3) is 5.89. The predicted molar refractivity (Wildman–Crippen MR) is 140 cm³/mol. The standard InChI is InChI=1S/C26H28ClN3O4S/c1-34-25-9-4-3-8-24(25)28-14-16-29(17-15-28)26(31)21-12-10-20(11-13-21)19-30(35(2,32)33)23-7-5-6-22(27)18-23/h3-13,18H,14-17,19H2,1-2H3. The Bertz CT molecular complexity index is 1290. The molecule has 0 spiro atoms. The Morgan fingerprint density at radius 1 is 0.971 bits per heavy atom. The van der Waals surface area contributed by atoms with Crippen LogP contribution < -0.4 is 13.9 Å². The fourth-order valence-electron chi connectivity index (χ4n) is 4.17. The Hall–Kier alpha value is -3.23. The zero-order chi connectivity index (χ0) is 25.0. The zero-order valence-corrected chi connectivity index (χ0v) is 21.3. The van der Waals surface area contributed by atoms with Gasteiger partial charge in [0.15, 0.2) is 0 Å². The van der Waals surface area contributed by atoms with E-state index >= 15 is 0 Å². The van der Waals surface area contributed by atoms with E-state index in [1.807, 2.05) is 29.2 Å². The van der Waals surface area contributed by atoms with Gasteiger partial charge in [-0.25, -0.2) is 8.42 Å². The van der Waals surface area contributed by atoms with Crippen molar-refractivity contribution >= 4 is 38.9 Å². The minimum absolute atomic E-state index is 0.0361. The summed E-state index contributed by atoms with van der Waals surface area (Å²) in [6, 6.07) is 21.7. The first-order chi connectivity index (χ1) is 16.8. The highest BCUT2D eigenvalue weighted by Gasteiger charge is 2.24. The Labute approximate surface area is 211 Å². The quantitative estimate of drug-likeness (QED) is 0.471. The van der Waals surface area contributed by atoms with Gasteiger partial charge in [0.05, 0.1) is 31.3 Å². The van der Waals surface area contributed by atoms with Gasteiger partial charge in [-0.15, -0.1) is 0 Å². The van der Waals surface area contributed by atoms with Crippen LogP contribution in [0.1, 0.15) is 15.9 Å². The highest BCUT2D eigenvalue weighted by atomic mass is 35.5. The van der Waals surface area contributed by atoms with Crippen LogP contribution in [0.15, 0.2) is 72.8 Å². The van der Waals surface area contributed by atoms with Crippen molar-refractivity contribution in [1.82, 2.24) is 4.90 Å². The molecule has 3 aromatic carbocycles. The van der Waals surface area contributed by atoms with E-state index in [0.29, 0.717) is 42.5 Å². The topological polar surface area (TPSA) is 70.2 Å². The van der Waals surface area contributed by atoms with Gasteiger partial charge in [-0.05, 0) is 48.0 Å². The van der Waals surface area contributed by atoms with Gasteiger partial charge in [0.25, 0.3) is 5.91 Å². The monoisotopic (exact) mass is 513 g/mol. The second-order valence-electron chi connectivity index (χ2n) is 8.40. The van der Waals surface area contributed by atoms with E-state index in [1.54, 1.807) is 55.6 Å². The number of amides is 1. The smallest absolute Gasteiger partial charge is 0.253 e. The summed E-state index contributed by atoms with van der Waals surface area (Å²) in [6.45, 7) is 2.79. The first-order valence-corrected chi connectivity index (χ1v) is 13.5. The third-order valence-electron chi connectivity index (χ3n) is 6.02. The average molecular weight is 514 g/mol. The number of halogens is 1. The summed E-state index contributed by atoms with van der Waals surface area (Å²) < 4.78 is 31.6. The van der Waals surface area contributed by atoms with Crippen LogP contribution in [0.2, 0.25) is 5.02 Å². The molecule has 1 saturated heterocycles. The number of rotatable bonds is 7. The van der Waals surface area contributed by atoms with Crippen LogP contribution in [-0.2, 0) is 16.6 Å². The maximum Gasteiger partial charge on any atom is 0.253 e.